The highest BCUT2D eigenvalue weighted by Gasteiger charge is 2.40. The number of methoxy groups -OCH3 is 1. The number of hydrogen-bond donors (Lipinski definition) is 0. The summed E-state index contributed by atoms with van der Waals surface area (Å²) in [6.07, 6.45) is 1.73. The Labute approximate surface area is 140 Å². The number of benzene rings is 1. The van der Waals surface area contributed by atoms with E-state index in [4.69, 9.17) is 13.9 Å². The van der Waals surface area contributed by atoms with Gasteiger partial charge in [-0.2, -0.15) is 0 Å². The van der Waals surface area contributed by atoms with Crippen molar-refractivity contribution in [1.29, 1.82) is 0 Å². The van der Waals surface area contributed by atoms with Crippen molar-refractivity contribution in [2.24, 2.45) is 0 Å². The number of rotatable bonds is 6. The van der Waals surface area contributed by atoms with E-state index in [1.807, 2.05) is 24.3 Å². The van der Waals surface area contributed by atoms with E-state index in [2.05, 4.69) is 33.9 Å². The Kier molecular flexibility index (Phi) is 6.44. The van der Waals surface area contributed by atoms with E-state index < -0.39 is 14.3 Å². The highest BCUT2D eigenvalue weighted by Crippen LogP contribution is 2.38. The lowest BCUT2D eigenvalue weighted by molar-refractivity contribution is -0.141. The van der Waals surface area contributed by atoms with E-state index in [1.54, 1.807) is 20.1 Å². The Hall–Kier alpha value is -1.75. The second-order valence-electron chi connectivity index (χ2n) is 6.86. The van der Waals surface area contributed by atoms with Crippen LogP contribution >= 0.6 is 0 Å². The molecule has 0 heterocycles. The Morgan fingerprint density at radius 1 is 1.17 bits per heavy atom. The Bertz CT molecular complexity index is 553. The molecule has 0 saturated heterocycles. The number of hydrogen-bond acceptors (Lipinski definition) is 4. The van der Waals surface area contributed by atoms with Crippen LogP contribution in [0.2, 0.25) is 18.1 Å². The first kappa shape index (κ1) is 19.3. The summed E-state index contributed by atoms with van der Waals surface area (Å²) in [5.41, 5.74) is 0.868. The number of esters is 1. The van der Waals surface area contributed by atoms with Crippen molar-refractivity contribution in [3.8, 4) is 5.75 Å². The molecule has 0 atom stereocenters. The molecule has 0 fully saturated rings. The van der Waals surface area contributed by atoms with Gasteiger partial charge in [-0.25, -0.2) is 4.79 Å². The molecule has 0 aliphatic rings. The zero-order valence-electron chi connectivity index (χ0n) is 15.2. The van der Waals surface area contributed by atoms with Crippen molar-refractivity contribution in [1.82, 2.24) is 0 Å². The lowest BCUT2D eigenvalue weighted by Crippen LogP contribution is -2.41. The molecule has 0 saturated carbocycles. The van der Waals surface area contributed by atoms with Crippen LogP contribution in [0.1, 0.15) is 33.3 Å². The van der Waals surface area contributed by atoms with Crippen LogP contribution in [0.25, 0.3) is 6.08 Å². The lowest BCUT2D eigenvalue weighted by Gasteiger charge is -2.36. The molecule has 23 heavy (non-hydrogen) atoms. The van der Waals surface area contributed by atoms with Gasteiger partial charge in [-0.15, -0.1) is 0 Å². The van der Waals surface area contributed by atoms with Crippen LogP contribution in [0.3, 0.4) is 0 Å². The Morgan fingerprint density at radius 3 is 2.17 bits per heavy atom. The van der Waals surface area contributed by atoms with Gasteiger partial charge in [0.15, 0.2) is 5.76 Å². The summed E-state index contributed by atoms with van der Waals surface area (Å²) in [5, 5.41) is -0.00150. The van der Waals surface area contributed by atoms with Crippen molar-refractivity contribution in [3.63, 3.8) is 0 Å². The molecule has 0 aromatic heterocycles. The maximum Gasteiger partial charge on any atom is 0.372 e. The monoisotopic (exact) mass is 336 g/mol. The van der Waals surface area contributed by atoms with Gasteiger partial charge in [-0.3, -0.25) is 0 Å². The maximum atomic E-state index is 12.3. The van der Waals surface area contributed by atoms with Gasteiger partial charge >= 0.3 is 5.97 Å². The van der Waals surface area contributed by atoms with E-state index in [0.717, 1.165) is 11.3 Å². The molecule has 0 aliphatic carbocycles. The third-order valence-corrected chi connectivity index (χ3v) is 8.40. The van der Waals surface area contributed by atoms with E-state index in [1.165, 1.54) is 0 Å². The fraction of sp³-hybridized carbons (Fsp3) is 0.500. The van der Waals surface area contributed by atoms with Gasteiger partial charge in [0.05, 0.1) is 13.7 Å². The average Bonchev–Trinajstić information content (AvgIpc) is 2.46. The van der Waals surface area contributed by atoms with Crippen LogP contribution in [-0.4, -0.2) is 28.0 Å². The average molecular weight is 337 g/mol. The molecule has 0 amide bonds. The molecule has 1 aromatic carbocycles. The van der Waals surface area contributed by atoms with Crippen LogP contribution in [0.15, 0.2) is 30.0 Å². The SMILES string of the molecule is CCOC(=O)/C(=C/c1ccc(OC)cc1)O[Si](C)(C)C(C)(C)C. The first-order chi connectivity index (χ1) is 10.6. The van der Waals surface area contributed by atoms with E-state index in [-0.39, 0.29) is 10.8 Å². The van der Waals surface area contributed by atoms with Gasteiger partial charge in [-0.05, 0) is 48.8 Å². The molecular weight excluding hydrogens is 308 g/mol. The van der Waals surface area contributed by atoms with Crippen LogP contribution < -0.4 is 4.74 Å². The van der Waals surface area contributed by atoms with E-state index in [0.29, 0.717) is 6.61 Å². The first-order valence-corrected chi connectivity index (χ1v) is 10.7. The van der Waals surface area contributed by atoms with Crippen LogP contribution in [-0.2, 0) is 14.0 Å². The zero-order chi connectivity index (χ0) is 17.7. The van der Waals surface area contributed by atoms with Crippen LogP contribution in [0.4, 0.5) is 0 Å². The van der Waals surface area contributed by atoms with Gasteiger partial charge in [0.25, 0.3) is 8.32 Å². The summed E-state index contributed by atoms with van der Waals surface area (Å²) >= 11 is 0. The molecule has 0 bridgehead atoms. The minimum atomic E-state index is -2.13. The maximum absolute atomic E-state index is 12.3. The lowest BCUT2D eigenvalue weighted by atomic mass is 10.2. The first-order valence-electron chi connectivity index (χ1n) is 7.82. The highest BCUT2D eigenvalue weighted by molar-refractivity contribution is 6.74. The smallest absolute Gasteiger partial charge is 0.372 e. The summed E-state index contributed by atoms with van der Waals surface area (Å²) in [6, 6.07) is 7.46. The number of carbonyl (C=O) groups excluding carboxylic acids is 1. The van der Waals surface area contributed by atoms with Crippen LogP contribution in [0.5, 0.6) is 5.75 Å². The zero-order valence-corrected chi connectivity index (χ0v) is 16.2. The fourth-order valence-electron chi connectivity index (χ4n) is 1.61. The van der Waals surface area contributed by atoms with E-state index in [9.17, 15) is 4.79 Å². The molecule has 1 rings (SSSR count). The molecule has 0 spiro atoms. The molecule has 128 valence electrons. The summed E-state index contributed by atoms with van der Waals surface area (Å²) in [6.45, 7) is 12.7. The third-order valence-electron chi connectivity index (χ3n) is 4.06. The Morgan fingerprint density at radius 2 is 1.74 bits per heavy atom. The predicted octanol–water partition coefficient (Wildman–Crippen LogP) is 4.62. The summed E-state index contributed by atoms with van der Waals surface area (Å²) in [7, 11) is -0.505. The molecule has 1 aromatic rings. The summed E-state index contributed by atoms with van der Waals surface area (Å²) in [5.74, 6) is 0.613. The predicted molar refractivity (Wildman–Crippen MR) is 95.9 cm³/mol. The van der Waals surface area contributed by atoms with Gasteiger partial charge < -0.3 is 13.9 Å². The molecule has 0 aliphatic heterocycles. The quantitative estimate of drug-likeness (QED) is 0.329. The summed E-state index contributed by atoms with van der Waals surface area (Å²) in [4.78, 5) is 12.3. The standard InChI is InChI=1S/C18H28O4Si/c1-8-21-17(19)16(22-23(6,7)18(2,3)4)13-14-9-11-15(20-5)12-10-14/h9-13H,8H2,1-7H3/b16-13-. The van der Waals surface area contributed by atoms with Crippen molar-refractivity contribution in [2.45, 2.75) is 45.8 Å². The molecule has 4 nitrogen and oxygen atoms in total. The van der Waals surface area contributed by atoms with Crippen molar-refractivity contribution >= 4 is 20.4 Å². The minimum absolute atomic E-state index is 0.00150. The van der Waals surface area contributed by atoms with Gasteiger partial charge in [0, 0.05) is 0 Å². The van der Waals surface area contributed by atoms with Crippen molar-refractivity contribution < 1.29 is 18.7 Å². The number of ether oxygens (including phenoxy) is 2. The van der Waals surface area contributed by atoms with Gasteiger partial charge in [0.2, 0.25) is 0 Å². The largest absolute Gasteiger partial charge is 0.539 e. The molecular formula is C18H28O4Si. The molecule has 0 N–H and O–H groups in total. The second kappa shape index (κ2) is 7.68. The van der Waals surface area contributed by atoms with Gasteiger partial charge in [-0.1, -0.05) is 32.9 Å². The molecule has 5 heteroatoms. The van der Waals surface area contributed by atoms with Crippen LogP contribution in [0, 0.1) is 0 Å². The van der Waals surface area contributed by atoms with E-state index >= 15 is 0 Å². The third kappa shape index (κ3) is 5.43. The number of carbonyl (C=O) groups is 1. The fourth-order valence-corrected chi connectivity index (χ4v) is 2.61. The van der Waals surface area contributed by atoms with Gasteiger partial charge in [0.1, 0.15) is 5.75 Å². The van der Waals surface area contributed by atoms with Crippen molar-refractivity contribution in [3.05, 3.63) is 35.6 Å². The second-order valence-corrected chi connectivity index (χ2v) is 11.6. The highest BCUT2D eigenvalue weighted by atomic mass is 28.4. The molecule has 0 unspecified atom stereocenters. The van der Waals surface area contributed by atoms with Crippen molar-refractivity contribution in [2.75, 3.05) is 13.7 Å². The Balaban J connectivity index is 3.14. The molecule has 0 radical (unpaired) electrons. The minimum Gasteiger partial charge on any atom is -0.539 e. The topological polar surface area (TPSA) is 44.8 Å². The normalized spacial score (nSPS) is 12.7. The summed E-state index contributed by atoms with van der Waals surface area (Å²) < 4.78 is 16.5.